The molecule has 1 fully saturated rings. The number of carbonyl (C=O) groups excluding carboxylic acids is 2. The molecule has 2 amide bonds. The van der Waals surface area contributed by atoms with Crippen LogP contribution >= 0.6 is 0 Å². The van der Waals surface area contributed by atoms with Crippen molar-refractivity contribution in [2.24, 2.45) is 0 Å². The number of hydrogen-bond donors (Lipinski definition) is 2. The van der Waals surface area contributed by atoms with Gasteiger partial charge in [-0.25, -0.2) is 0 Å². The van der Waals surface area contributed by atoms with Crippen LogP contribution in [0.4, 0.5) is 0 Å². The second-order valence-corrected chi connectivity index (χ2v) is 6.24. The number of carbonyl (C=O) groups is 2. The maximum absolute atomic E-state index is 11.9. The molecule has 6 nitrogen and oxygen atoms in total. The minimum Gasteiger partial charge on any atom is -0.377 e. The molecule has 0 heterocycles. The molecule has 0 aromatic heterocycles. The van der Waals surface area contributed by atoms with Crippen molar-refractivity contribution in [1.82, 2.24) is 15.5 Å². The van der Waals surface area contributed by atoms with E-state index in [1.807, 2.05) is 31.2 Å². The Labute approximate surface area is 143 Å². The molecule has 1 aliphatic rings. The SMILES string of the molecule is CCOCc1ccc(CNC(=O)CN(C)CC(=O)NC2CC2)cc1. The van der Waals surface area contributed by atoms with Gasteiger partial charge in [0.05, 0.1) is 19.7 Å². The molecule has 1 aromatic rings. The lowest BCUT2D eigenvalue weighted by Gasteiger charge is -2.16. The number of benzene rings is 1. The van der Waals surface area contributed by atoms with E-state index < -0.39 is 0 Å². The lowest BCUT2D eigenvalue weighted by atomic mass is 10.1. The Bertz CT molecular complexity index is 541. The van der Waals surface area contributed by atoms with E-state index in [-0.39, 0.29) is 24.9 Å². The van der Waals surface area contributed by atoms with E-state index in [1.54, 1.807) is 11.9 Å². The zero-order valence-corrected chi connectivity index (χ0v) is 14.5. The standard InChI is InChI=1S/C18H27N3O3/c1-3-24-13-15-6-4-14(5-7-15)10-19-17(22)11-21(2)12-18(23)20-16-8-9-16/h4-7,16H,3,8-13H2,1-2H3,(H,19,22)(H,20,23). The van der Waals surface area contributed by atoms with Crippen molar-refractivity contribution in [1.29, 1.82) is 0 Å². The van der Waals surface area contributed by atoms with Crippen molar-refractivity contribution in [2.45, 2.75) is 39.0 Å². The Hall–Kier alpha value is -1.92. The highest BCUT2D eigenvalue weighted by atomic mass is 16.5. The first-order chi connectivity index (χ1) is 11.6. The van der Waals surface area contributed by atoms with Gasteiger partial charge >= 0.3 is 0 Å². The Balaban J connectivity index is 1.65. The van der Waals surface area contributed by atoms with E-state index in [0.717, 1.165) is 24.0 Å². The van der Waals surface area contributed by atoms with Gasteiger partial charge in [0.15, 0.2) is 0 Å². The summed E-state index contributed by atoms with van der Waals surface area (Å²) >= 11 is 0. The average molecular weight is 333 g/mol. The van der Waals surface area contributed by atoms with Crippen LogP contribution in [-0.2, 0) is 27.5 Å². The fourth-order valence-electron chi connectivity index (χ4n) is 2.28. The maximum atomic E-state index is 11.9. The van der Waals surface area contributed by atoms with Crippen LogP contribution in [0.15, 0.2) is 24.3 Å². The molecule has 1 aliphatic carbocycles. The quantitative estimate of drug-likeness (QED) is 0.671. The summed E-state index contributed by atoms with van der Waals surface area (Å²) in [4.78, 5) is 25.3. The van der Waals surface area contributed by atoms with Gasteiger partial charge in [0.2, 0.25) is 11.8 Å². The summed E-state index contributed by atoms with van der Waals surface area (Å²) in [7, 11) is 1.77. The van der Waals surface area contributed by atoms with Gasteiger partial charge in [-0.05, 0) is 37.9 Å². The van der Waals surface area contributed by atoms with Gasteiger partial charge in [0.25, 0.3) is 0 Å². The zero-order chi connectivity index (χ0) is 17.4. The summed E-state index contributed by atoms with van der Waals surface area (Å²) in [6.07, 6.45) is 2.14. The second kappa shape index (κ2) is 9.39. The molecule has 2 N–H and O–H groups in total. The molecule has 24 heavy (non-hydrogen) atoms. The van der Waals surface area contributed by atoms with Gasteiger partial charge in [-0.3, -0.25) is 14.5 Å². The molecule has 0 atom stereocenters. The van der Waals surface area contributed by atoms with Crippen LogP contribution in [0.5, 0.6) is 0 Å². The number of likely N-dealkylation sites (N-methyl/N-ethyl adjacent to an activating group) is 1. The van der Waals surface area contributed by atoms with Gasteiger partial charge in [-0.1, -0.05) is 24.3 Å². The monoisotopic (exact) mass is 333 g/mol. The number of nitrogens with one attached hydrogen (secondary N) is 2. The number of ether oxygens (including phenoxy) is 1. The predicted octanol–water partition coefficient (Wildman–Crippen LogP) is 1.05. The van der Waals surface area contributed by atoms with Gasteiger partial charge < -0.3 is 15.4 Å². The van der Waals surface area contributed by atoms with E-state index in [2.05, 4.69) is 10.6 Å². The number of hydrogen-bond acceptors (Lipinski definition) is 4. The summed E-state index contributed by atoms with van der Waals surface area (Å²) in [5.41, 5.74) is 2.16. The summed E-state index contributed by atoms with van der Waals surface area (Å²) in [6.45, 7) is 4.21. The Morgan fingerprint density at radius 3 is 2.38 bits per heavy atom. The fraction of sp³-hybridized carbons (Fsp3) is 0.556. The topological polar surface area (TPSA) is 70.7 Å². The molecular weight excluding hydrogens is 306 g/mol. The van der Waals surface area contributed by atoms with Crippen LogP contribution in [0.25, 0.3) is 0 Å². The van der Waals surface area contributed by atoms with E-state index >= 15 is 0 Å². The first-order valence-corrected chi connectivity index (χ1v) is 8.47. The van der Waals surface area contributed by atoms with E-state index in [4.69, 9.17) is 4.74 Å². The first-order valence-electron chi connectivity index (χ1n) is 8.47. The number of nitrogens with zero attached hydrogens (tertiary/aromatic N) is 1. The van der Waals surface area contributed by atoms with Gasteiger partial charge in [-0.15, -0.1) is 0 Å². The lowest BCUT2D eigenvalue weighted by molar-refractivity contribution is -0.124. The minimum absolute atomic E-state index is 0.0160. The molecule has 0 unspecified atom stereocenters. The third-order valence-electron chi connectivity index (χ3n) is 3.76. The van der Waals surface area contributed by atoms with Crippen LogP contribution in [0.1, 0.15) is 30.9 Å². The van der Waals surface area contributed by atoms with Crippen molar-refractivity contribution in [3.63, 3.8) is 0 Å². The first kappa shape index (κ1) is 18.4. The minimum atomic E-state index is -0.0879. The summed E-state index contributed by atoms with van der Waals surface area (Å²) in [5, 5.41) is 5.79. The highest BCUT2D eigenvalue weighted by Gasteiger charge is 2.23. The number of rotatable bonds is 10. The normalized spacial score (nSPS) is 13.8. The zero-order valence-electron chi connectivity index (χ0n) is 14.5. The van der Waals surface area contributed by atoms with Crippen LogP contribution < -0.4 is 10.6 Å². The molecule has 2 rings (SSSR count). The van der Waals surface area contributed by atoms with Crippen LogP contribution in [0, 0.1) is 0 Å². The van der Waals surface area contributed by atoms with Crippen LogP contribution in [-0.4, -0.2) is 49.5 Å². The summed E-state index contributed by atoms with van der Waals surface area (Å²) in [6, 6.07) is 8.34. The molecule has 132 valence electrons. The Kier molecular flexibility index (Phi) is 7.21. The molecule has 0 aliphatic heterocycles. The summed E-state index contributed by atoms with van der Waals surface area (Å²) < 4.78 is 5.35. The van der Waals surface area contributed by atoms with Crippen molar-refractivity contribution < 1.29 is 14.3 Å². The van der Waals surface area contributed by atoms with Crippen LogP contribution in [0.2, 0.25) is 0 Å². The smallest absolute Gasteiger partial charge is 0.234 e. The third kappa shape index (κ3) is 7.10. The van der Waals surface area contributed by atoms with E-state index in [9.17, 15) is 9.59 Å². The molecule has 0 saturated heterocycles. The van der Waals surface area contributed by atoms with Crippen molar-refractivity contribution in [3.05, 3.63) is 35.4 Å². The molecule has 1 aromatic carbocycles. The third-order valence-corrected chi connectivity index (χ3v) is 3.76. The second-order valence-electron chi connectivity index (χ2n) is 6.24. The predicted molar refractivity (Wildman–Crippen MR) is 92.3 cm³/mol. The average Bonchev–Trinajstić information content (AvgIpc) is 3.35. The highest BCUT2D eigenvalue weighted by Crippen LogP contribution is 2.18. The van der Waals surface area contributed by atoms with Gasteiger partial charge in [0, 0.05) is 19.2 Å². The lowest BCUT2D eigenvalue weighted by Crippen LogP contribution is -2.41. The molecule has 6 heteroatoms. The van der Waals surface area contributed by atoms with Crippen molar-refractivity contribution in [2.75, 3.05) is 26.7 Å². The van der Waals surface area contributed by atoms with E-state index in [0.29, 0.717) is 25.8 Å². The van der Waals surface area contributed by atoms with Crippen molar-refractivity contribution in [3.8, 4) is 0 Å². The van der Waals surface area contributed by atoms with Crippen LogP contribution in [0.3, 0.4) is 0 Å². The van der Waals surface area contributed by atoms with Crippen molar-refractivity contribution >= 4 is 11.8 Å². The largest absolute Gasteiger partial charge is 0.377 e. The molecule has 1 saturated carbocycles. The number of amides is 2. The molecule has 0 radical (unpaired) electrons. The molecule has 0 spiro atoms. The fourth-order valence-corrected chi connectivity index (χ4v) is 2.28. The Morgan fingerprint density at radius 1 is 1.12 bits per heavy atom. The van der Waals surface area contributed by atoms with E-state index in [1.165, 1.54) is 0 Å². The van der Waals surface area contributed by atoms with Gasteiger partial charge in [0.1, 0.15) is 0 Å². The van der Waals surface area contributed by atoms with Gasteiger partial charge in [-0.2, -0.15) is 0 Å². The summed E-state index contributed by atoms with van der Waals surface area (Å²) in [5.74, 6) is -0.104. The Morgan fingerprint density at radius 2 is 1.75 bits per heavy atom. The highest BCUT2D eigenvalue weighted by molar-refractivity contribution is 5.81. The maximum Gasteiger partial charge on any atom is 0.234 e. The molecular formula is C18H27N3O3. The molecule has 0 bridgehead atoms.